The van der Waals surface area contributed by atoms with Gasteiger partial charge >= 0.3 is 0 Å². The van der Waals surface area contributed by atoms with Crippen molar-refractivity contribution >= 4 is 52.2 Å². The maximum atomic E-state index is 11.6. The van der Waals surface area contributed by atoms with E-state index in [0.29, 0.717) is 5.75 Å². The number of nitrogens with zero attached hydrogens (tertiary/aromatic N) is 6. The molecule has 0 radical (unpaired) electrons. The highest BCUT2D eigenvalue weighted by Crippen LogP contribution is 2.35. The predicted molar refractivity (Wildman–Crippen MR) is 256 cm³/mol. The first-order valence-corrected chi connectivity index (χ1v) is 20.9. The lowest BCUT2D eigenvalue weighted by atomic mass is 10.1. The molecule has 0 spiro atoms. The smallest absolute Gasteiger partial charge is 0.130 e. The molecule has 0 amide bonds. The Kier molecular flexibility index (Phi) is 14.2. The lowest BCUT2D eigenvalue weighted by Crippen LogP contribution is -2.33. The molecule has 1 atom stereocenters. The summed E-state index contributed by atoms with van der Waals surface area (Å²) in [4.78, 5) is 4.52. The normalized spacial score (nSPS) is 11.8. The maximum absolute atomic E-state index is 11.6. The Bertz CT molecular complexity index is 2370. The van der Waals surface area contributed by atoms with Gasteiger partial charge in [-0.15, -0.1) is 0 Å². The van der Waals surface area contributed by atoms with E-state index in [1.54, 1.807) is 0 Å². The molecule has 8 nitrogen and oxygen atoms in total. The van der Waals surface area contributed by atoms with Crippen molar-refractivity contribution in [1.29, 1.82) is 0 Å². The number of hydrogen-bond acceptors (Lipinski definition) is 8. The number of benzene rings is 7. The number of aliphatic hydroxyl groups is 1. The SMILES string of the molecule is CCN(CC)c1ccc(C=NN(c2ccccc2)c2ccccc2)c(OCC(O)CN(N=Cc2ccc(N(c3ccc(C)cc3)c3ccc(C)cc3)cc2)c2ccccc2)c1. The van der Waals surface area contributed by atoms with E-state index in [9.17, 15) is 5.11 Å². The van der Waals surface area contributed by atoms with Gasteiger partial charge in [-0.2, -0.15) is 10.2 Å². The third kappa shape index (κ3) is 11.1. The average molecular weight is 807 g/mol. The summed E-state index contributed by atoms with van der Waals surface area (Å²) in [6.07, 6.45) is 2.78. The van der Waals surface area contributed by atoms with Crippen molar-refractivity contribution in [2.45, 2.75) is 33.8 Å². The molecule has 0 saturated carbocycles. The quantitative estimate of drug-likeness (QED) is 0.0688. The molecule has 0 aliphatic carbocycles. The summed E-state index contributed by atoms with van der Waals surface area (Å²) in [5, 5.41) is 25.1. The number of anilines is 7. The Hall–Kier alpha value is -7.16. The van der Waals surface area contributed by atoms with E-state index in [1.165, 1.54) is 11.1 Å². The van der Waals surface area contributed by atoms with Crippen LogP contribution in [0, 0.1) is 13.8 Å². The Balaban J connectivity index is 1.10. The Morgan fingerprint density at radius 3 is 1.51 bits per heavy atom. The monoisotopic (exact) mass is 806 g/mol. The van der Waals surface area contributed by atoms with Crippen LogP contribution in [0.3, 0.4) is 0 Å². The van der Waals surface area contributed by atoms with Crippen LogP contribution in [-0.4, -0.2) is 49.9 Å². The molecule has 0 saturated heterocycles. The first kappa shape index (κ1) is 42.0. The van der Waals surface area contributed by atoms with Gasteiger partial charge in [0, 0.05) is 47.5 Å². The van der Waals surface area contributed by atoms with Crippen LogP contribution < -0.4 is 24.6 Å². The van der Waals surface area contributed by atoms with Gasteiger partial charge in [-0.3, -0.25) is 5.01 Å². The summed E-state index contributed by atoms with van der Waals surface area (Å²) in [6, 6.07) is 61.7. The summed E-state index contributed by atoms with van der Waals surface area (Å²) in [7, 11) is 0. The molecule has 1 N–H and O–H groups in total. The van der Waals surface area contributed by atoms with Crippen LogP contribution in [0.4, 0.5) is 39.8 Å². The van der Waals surface area contributed by atoms with Crippen LogP contribution in [0.15, 0.2) is 192 Å². The molecule has 61 heavy (non-hydrogen) atoms. The van der Waals surface area contributed by atoms with Crippen molar-refractivity contribution in [1.82, 2.24) is 0 Å². The molecule has 0 heterocycles. The molecular weight excluding hydrogens is 753 g/mol. The largest absolute Gasteiger partial charge is 0.490 e. The molecule has 7 aromatic carbocycles. The second kappa shape index (κ2) is 20.7. The van der Waals surface area contributed by atoms with E-state index >= 15 is 0 Å². The first-order chi connectivity index (χ1) is 29.9. The summed E-state index contributed by atoms with van der Waals surface area (Å²) in [6.45, 7) is 10.4. The van der Waals surface area contributed by atoms with E-state index < -0.39 is 6.10 Å². The molecule has 0 aliphatic heterocycles. The highest BCUT2D eigenvalue weighted by Gasteiger charge is 2.17. The van der Waals surface area contributed by atoms with Crippen molar-refractivity contribution < 1.29 is 9.84 Å². The van der Waals surface area contributed by atoms with Gasteiger partial charge < -0.3 is 19.6 Å². The molecule has 7 aromatic rings. The zero-order chi connectivity index (χ0) is 42.4. The molecule has 1 unspecified atom stereocenters. The highest BCUT2D eigenvalue weighted by molar-refractivity contribution is 5.86. The zero-order valence-corrected chi connectivity index (χ0v) is 35.4. The summed E-state index contributed by atoms with van der Waals surface area (Å²) in [5.74, 6) is 0.633. The van der Waals surface area contributed by atoms with Crippen LogP contribution in [0.5, 0.6) is 5.75 Å². The third-order valence-electron chi connectivity index (χ3n) is 10.4. The van der Waals surface area contributed by atoms with Crippen LogP contribution in [0.2, 0.25) is 0 Å². The van der Waals surface area contributed by atoms with Gasteiger partial charge in [-0.1, -0.05) is 102 Å². The lowest BCUT2D eigenvalue weighted by molar-refractivity contribution is 0.112. The lowest BCUT2D eigenvalue weighted by Gasteiger charge is -2.26. The summed E-state index contributed by atoms with van der Waals surface area (Å²) in [5.41, 5.74) is 11.1. The number of para-hydroxylation sites is 3. The Morgan fingerprint density at radius 1 is 0.525 bits per heavy atom. The van der Waals surface area contributed by atoms with Crippen molar-refractivity contribution in [3.8, 4) is 5.75 Å². The standard InChI is InChI=1S/C53H54N6O2/c1-5-56(6-2)51-35-28-44(38-55-59(49-18-12-8-13-19-49)50-20-14-9-15-21-50)53(36-51)61-40-52(60)39-57(45-16-10-7-11-17-45)54-37-43-26-33-48(34-27-43)58(46-29-22-41(3)23-30-46)47-31-24-42(4)25-32-47/h7-38,52,60H,5-6,39-40H2,1-4H3. The Morgan fingerprint density at radius 2 is 1.00 bits per heavy atom. The van der Waals surface area contributed by atoms with Gasteiger partial charge in [0.25, 0.3) is 0 Å². The maximum Gasteiger partial charge on any atom is 0.130 e. The fourth-order valence-electron chi connectivity index (χ4n) is 7.02. The molecule has 8 heteroatoms. The molecule has 7 rings (SSSR count). The van der Waals surface area contributed by atoms with E-state index in [2.05, 4.69) is 116 Å². The second-order valence-electron chi connectivity index (χ2n) is 14.8. The van der Waals surface area contributed by atoms with Crippen LogP contribution in [-0.2, 0) is 0 Å². The fourth-order valence-corrected chi connectivity index (χ4v) is 7.02. The van der Waals surface area contributed by atoms with Gasteiger partial charge in [-0.05, 0) is 118 Å². The van der Waals surface area contributed by atoms with Crippen LogP contribution in [0.1, 0.15) is 36.1 Å². The minimum absolute atomic E-state index is 0.0467. The average Bonchev–Trinajstić information content (AvgIpc) is 3.30. The van der Waals surface area contributed by atoms with Gasteiger partial charge in [0.15, 0.2) is 0 Å². The van der Waals surface area contributed by atoms with Crippen LogP contribution >= 0.6 is 0 Å². The summed E-state index contributed by atoms with van der Waals surface area (Å²) >= 11 is 0. The number of hydrogen-bond donors (Lipinski definition) is 1. The van der Waals surface area contributed by atoms with Gasteiger partial charge in [-0.25, -0.2) is 5.01 Å². The molecule has 0 aliphatic rings. The number of ether oxygens (including phenoxy) is 1. The molecule has 0 aromatic heterocycles. The minimum atomic E-state index is -0.871. The van der Waals surface area contributed by atoms with E-state index in [0.717, 1.165) is 64.0 Å². The topological polar surface area (TPSA) is 67.1 Å². The van der Waals surface area contributed by atoms with E-state index in [4.69, 9.17) is 14.9 Å². The van der Waals surface area contributed by atoms with Crippen molar-refractivity contribution in [3.63, 3.8) is 0 Å². The van der Waals surface area contributed by atoms with Crippen molar-refractivity contribution in [2.24, 2.45) is 10.2 Å². The Labute approximate surface area is 360 Å². The summed E-state index contributed by atoms with van der Waals surface area (Å²) < 4.78 is 6.47. The fraction of sp³-hybridized carbons (Fsp3) is 0.170. The molecular formula is C53H54N6O2. The second-order valence-corrected chi connectivity index (χ2v) is 14.8. The molecule has 0 bridgehead atoms. The van der Waals surface area contributed by atoms with Crippen LogP contribution in [0.25, 0.3) is 0 Å². The highest BCUT2D eigenvalue weighted by atomic mass is 16.5. The number of hydrazone groups is 2. The number of aryl methyl sites for hydroxylation is 2. The number of aliphatic hydroxyl groups excluding tert-OH is 1. The first-order valence-electron chi connectivity index (χ1n) is 20.9. The van der Waals surface area contributed by atoms with Crippen molar-refractivity contribution in [3.05, 3.63) is 204 Å². The van der Waals surface area contributed by atoms with E-state index in [1.807, 2.05) is 126 Å². The van der Waals surface area contributed by atoms with Crippen molar-refractivity contribution in [2.75, 3.05) is 46.1 Å². The van der Waals surface area contributed by atoms with Gasteiger partial charge in [0.05, 0.1) is 36.0 Å². The predicted octanol–water partition coefficient (Wildman–Crippen LogP) is 12.1. The third-order valence-corrected chi connectivity index (χ3v) is 10.4. The molecule has 0 fully saturated rings. The number of rotatable bonds is 18. The zero-order valence-electron chi connectivity index (χ0n) is 35.4. The van der Waals surface area contributed by atoms with E-state index in [-0.39, 0.29) is 13.2 Å². The van der Waals surface area contributed by atoms with Gasteiger partial charge in [0.1, 0.15) is 18.5 Å². The minimum Gasteiger partial charge on any atom is -0.490 e. The molecule has 308 valence electrons. The van der Waals surface area contributed by atoms with Gasteiger partial charge in [0.2, 0.25) is 0 Å².